The second-order valence-corrected chi connectivity index (χ2v) is 5.53. The highest BCUT2D eigenvalue weighted by atomic mass is 16.2. The number of nitrogens with two attached hydrogens (primary N) is 1. The molecule has 3 heteroatoms. The van der Waals surface area contributed by atoms with Gasteiger partial charge in [0.1, 0.15) is 0 Å². The van der Waals surface area contributed by atoms with Crippen molar-refractivity contribution in [2.75, 3.05) is 0 Å². The maximum absolute atomic E-state index is 12.5. The highest BCUT2D eigenvalue weighted by Crippen LogP contribution is 2.26. The predicted octanol–water partition coefficient (Wildman–Crippen LogP) is 2.35. The van der Waals surface area contributed by atoms with Crippen LogP contribution in [0.4, 0.5) is 0 Å². The Labute approximate surface area is 115 Å². The van der Waals surface area contributed by atoms with E-state index in [2.05, 4.69) is 13.8 Å². The summed E-state index contributed by atoms with van der Waals surface area (Å²) in [7, 11) is 0. The van der Waals surface area contributed by atoms with Crippen LogP contribution in [-0.4, -0.2) is 28.9 Å². The Kier molecular flexibility index (Phi) is 4.59. The summed E-state index contributed by atoms with van der Waals surface area (Å²) in [5, 5.41) is 0. The average molecular weight is 260 g/mol. The summed E-state index contributed by atoms with van der Waals surface area (Å²) in [4.78, 5) is 14.6. The number of rotatable bonds is 4. The van der Waals surface area contributed by atoms with Crippen LogP contribution >= 0.6 is 0 Å². The maximum Gasteiger partial charge on any atom is 0.240 e. The lowest BCUT2D eigenvalue weighted by Crippen LogP contribution is -2.49. The van der Waals surface area contributed by atoms with Gasteiger partial charge in [-0.1, -0.05) is 37.3 Å². The van der Waals surface area contributed by atoms with E-state index in [9.17, 15) is 4.79 Å². The molecule has 3 atom stereocenters. The Bertz CT molecular complexity index is 418. The summed E-state index contributed by atoms with van der Waals surface area (Å²) in [6.45, 7) is 4.27. The highest BCUT2D eigenvalue weighted by Gasteiger charge is 2.35. The SMILES string of the molecule is CCC1CCC(C)N1C(=O)[C@@H](N)Cc1ccccc1. The van der Waals surface area contributed by atoms with Crippen LogP contribution in [0, 0.1) is 0 Å². The highest BCUT2D eigenvalue weighted by molar-refractivity contribution is 5.82. The Balaban J connectivity index is 2.02. The van der Waals surface area contributed by atoms with Gasteiger partial charge >= 0.3 is 0 Å². The zero-order chi connectivity index (χ0) is 13.8. The molecule has 1 amide bonds. The summed E-state index contributed by atoms with van der Waals surface area (Å²) in [5.74, 6) is 0.112. The minimum absolute atomic E-state index is 0.112. The van der Waals surface area contributed by atoms with E-state index in [0.29, 0.717) is 18.5 Å². The molecule has 0 radical (unpaired) electrons. The topological polar surface area (TPSA) is 46.3 Å². The fraction of sp³-hybridized carbons (Fsp3) is 0.562. The number of likely N-dealkylation sites (tertiary alicyclic amines) is 1. The van der Waals surface area contributed by atoms with Crippen LogP contribution in [0.1, 0.15) is 38.7 Å². The number of benzene rings is 1. The van der Waals surface area contributed by atoms with Gasteiger partial charge in [0, 0.05) is 12.1 Å². The zero-order valence-electron chi connectivity index (χ0n) is 11.9. The van der Waals surface area contributed by atoms with Gasteiger partial charge in [0.15, 0.2) is 0 Å². The monoisotopic (exact) mass is 260 g/mol. The van der Waals surface area contributed by atoms with Crippen LogP contribution in [0.3, 0.4) is 0 Å². The molecule has 0 spiro atoms. The van der Waals surface area contributed by atoms with Crippen molar-refractivity contribution >= 4 is 5.91 Å². The van der Waals surface area contributed by atoms with Crippen LogP contribution in [-0.2, 0) is 11.2 Å². The van der Waals surface area contributed by atoms with Crippen LogP contribution < -0.4 is 5.73 Å². The van der Waals surface area contributed by atoms with Crippen molar-refractivity contribution < 1.29 is 4.79 Å². The van der Waals surface area contributed by atoms with Gasteiger partial charge in [0.2, 0.25) is 5.91 Å². The average Bonchev–Trinajstić information content (AvgIpc) is 2.80. The van der Waals surface area contributed by atoms with Crippen molar-refractivity contribution in [3.63, 3.8) is 0 Å². The summed E-state index contributed by atoms with van der Waals surface area (Å²) >= 11 is 0. The van der Waals surface area contributed by atoms with E-state index in [-0.39, 0.29) is 5.91 Å². The van der Waals surface area contributed by atoms with Gasteiger partial charge < -0.3 is 10.6 Å². The van der Waals surface area contributed by atoms with Crippen molar-refractivity contribution in [3.8, 4) is 0 Å². The molecule has 0 saturated carbocycles. The van der Waals surface area contributed by atoms with Crippen LogP contribution in [0.25, 0.3) is 0 Å². The standard InChI is InChI=1S/C16H24N2O/c1-3-14-10-9-12(2)18(14)16(19)15(17)11-13-7-5-4-6-8-13/h4-8,12,14-15H,3,9-11,17H2,1-2H3/t12?,14?,15-/m0/s1. The lowest BCUT2D eigenvalue weighted by molar-refractivity contribution is -0.135. The minimum Gasteiger partial charge on any atom is -0.336 e. The lowest BCUT2D eigenvalue weighted by atomic mass is 10.0. The normalized spacial score (nSPS) is 24.5. The second kappa shape index (κ2) is 6.20. The second-order valence-electron chi connectivity index (χ2n) is 5.53. The molecule has 0 aromatic heterocycles. The van der Waals surface area contributed by atoms with Gasteiger partial charge in [-0.05, 0) is 38.2 Å². The molecule has 1 saturated heterocycles. The first-order valence-corrected chi connectivity index (χ1v) is 7.25. The van der Waals surface area contributed by atoms with Gasteiger partial charge in [-0.3, -0.25) is 4.79 Å². The maximum atomic E-state index is 12.5. The van der Waals surface area contributed by atoms with Gasteiger partial charge in [0.05, 0.1) is 6.04 Å². The van der Waals surface area contributed by atoms with E-state index in [4.69, 9.17) is 5.73 Å². The molecule has 19 heavy (non-hydrogen) atoms. The Morgan fingerprint density at radius 3 is 2.68 bits per heavy atom. The fourth-order valence-electron chi connectivity index (χ4n) is 3.02. The third-order valence-corrected chi connectivity index (χ3v) is 4.13. The predicted molar refractivity (Wildman–Crippen MR) is 77.7 cm³/mol. The molecule has 1 aliphatic heterocycles. The number of hydrogen-bond acceptors (Lipinski definition) is 2. The molecular formula is C16H24N2O. The first-order chi connectivity index (χ1) is 9.13. The van der Waals surface area contributed by atoms with Gasteiger partial charge in [-0.2, -0.15) is 0 Å². The van der Waals surface area contributed by atoms with Crippen LogP contribution in [0.5, 0.6) is 0 Å². The number of carbonyl (C=O) groups is 1. The molecule has 1 heterocycles. The third kappa shape index (κ3) is 3.16. The Morgan fingerprint density at radius 2 is 2.05 bits per heavy atom. The van der Waals surface area contributed by atoms with Crippen molar-refractivity contribution in [1.29, 1.82) is 0 Å². The Morgan fingerprint density at radius 1 is 1.37 bits per heavy atom. The van der Waals surface area contributed by atoms with Crippen LogP contribution in [0.2, 0.25) is 0 Å². The van der Waals surface area contributed by atoms with Gasteiger partial charge in [-0.15, -0.1) is 0 Å². The molecule has 104 valence electrons. The first-order valence-electron chi connectivity index (χ1n) is 7.25. The zero-order valence-corrected chi connectivity index (χ0v) is 11.9. The van der Waals surface area contributed by atoms with Crippen molar-refractivity contribution in [3.05, 3.63) is 35.9 Å². The fourth-order valence-corrected chi connectivity index (χ4v) is 3.02. The van der Waals surface area contributed by atoms with Crippen molar-refractivity contribution in [1.82, 2.24) is 4.90 Å². The van der Waals surface area contributed by atoms with Gasteiger partial charge in [-0.25, -0.2) is 0 Å². The molecule has 1 aromatic rings. The van der Waals surface area contributed by atoms with E-state index >= 15 is 0 Å². The Hall–Kier alpha value is -1.35. The molecule has 1 aromatic carbocycles. The van der Waals surface area contributed by atoms with Gasteiger partial charge in [0.25, 0.3) is 0 Å². The van der Waals surface area contributed by atoms with E-state index in [1.807, 2.05) is 35.2 Å². The van der Waals surface area contributed by atoms with Crippen molar-refractivity contribution in [2.45, 2.75) is 57.7 Å². The largest absolute Gasteiger partial charge is 0.336 e. The summed E-state index contributed by atoms with van der Waals surface area (Å²) < 4.78 is 0. The molecule has 2 unspecified atom stereocenters. The number of carbonyl (C=O) groups excluding carboxylic acids is 1. The molecule has 1 fully saturated rings. The van der Waals surface area contributed by atoms with Crippen molar-refractivity contribution in [2.24, 2.45) is 5.73 Å². The molecule has 0 bridgehead atoms. The van der Waals surface area contributed by atoms with Crippen LogP contribution in [0.15, 0.2) is 30.3 Å². The molecular weight excluding hydrogens is 236 g/mol. The summed E-state index contributed by atoms with van der Waals surface area (Å²) in [6.07, 6.45) is 3.86. The van der Waals surface area contributed by atoms with E-state index < -0.39 is 6.04 Å². The third-order valence-electron chi connectivity index (χ3n) is 4.13. The lowest BCUT2D eigenvalue weighted by Gasteiger charge is -2.30. The van der Waals surface area contributed by atoms with E-state index in [0.717, 1.165) is 24.8 Å². The number of nitrogens with zero attached hydrogens (tertiary/aromatic N) is 1. The minimum atomic E-state index is -0.419. The van der Waals surface area contributed by atoms with E-state index in [1.165, 1.54) is 0 Å². The number of hydrogen-bond donors (Lipinski definition) is 1. The quantitative estimate of drug-likeness (QED) is 0.903. The smallest absolute Gasteiger partial charge is 0.240 e. The van der Waals surface area contributed by atoms with E-state index in [1.54, 1.807) is 0 Å². The molecule has 0 aliphatic carbocycles. The number of amides is 1. The summed E-state index contributed by atoms with van der Waals surface area (Å²) in [6, 6.07) is 10.3. The molecule has 2 rings (SSSR count). The molecule has 1 aliphatic rings. The molecule has 2 N–H and O–H groups in total. The first kappa shape index (κ1) is 14.1. The molecule has 3 nitrogen and oxygen atoms in total. The summed E-state index contributed by atoms with van der Waals surface area (Å²) in [5.41, 5.74) is 7.25.